The second kappa shape index (κ2) is 5.22. The molecule has 1 aliphatic rings. The zero-order chi connectivity index (χ0) is 13.1. The Morgan fingerprint density at radius 3 is 2.65 bits per heavy atom. The van der Waals surface area contributed by atoms with Crippen molar-refractivity contribution in [2.75, 3.05) is 19.6 Å². The van der Waals surface area contributed by atoms with E-state index in [0.717, 1.165) is 0 Å². The average molecular weight is 254 g/mol. The van der Waals surface area contributed by atoms with Crippen LogP contribution in [0.1, 0.15) is 19.8 Å². The van der Waals surface area contributed by atoms with E-state index in [1.807, 2.05) is 6.92 Å². The van der Waals surface area contributed by atoms with Gasteiger partial charge in [-0.2, -0.15) is 13.2 Å². The van der Waals surface area contributed by atoms with Crippen molar-refractivity contribution in [2.45, 2.75) is 32.0 Å². The fraction of sp³-hybridized carbons (Fsp3) is 0.900. The molecule has 3 N–H and O–H groups in total. The van der Waals surface area contributed by atoms with E-state index < -0.39 is 30.1 Å². The summed E-state index contributed by atoms with van der Waals surface area (Å²) in [6.45, 7) is 2.19. The van der Waals surface area contributed by atoms with Gasteiger partial charge in [-0.25, -0.2) is 0 Å². The minimum atomic E-state index is -4.69. The van der Waals surface area contributed by atoms with Gasteiger partial charge in [-0.05, 0) is 19.4 Å². The van der Waals surface area contributed by atoms with Crippen molar-refractivity contribution in [2.24, 2.45) is 5.41 Å². The molecule has 4 nitrogen and oxygen atoms in total. The lowest BCUT2D eigenvalue weighted by Gasteiger charge is -2.26. The summed E-state index contributed by atoms with van der Waals surface area (Å²) >= 11 is 0. The molecule has 1 fully saturated rings. The largest absolute Gasteiger partial charge is 0.416 e. The van der Waals surface area contributed by atoms with Gasteiger partial charge in [0.2, 0.25) is 5.91 Å². The molecule has 1 aliphatic heterocycles. The van der Waals surface area contributed by atoms with Crippen molar-refractivity contribution in [1.29, 1.82) is 0 Å². The number of carbonyl (C=O) groups is 1. The molecule has 17 heavy (non-hydrogen) atoms. The summed E-state index contributed by atoms with van der Waals surface area (Å²) in [5.74, 6) is -0.423. The van der Waals surface area contributed by atoms with Crippen LogP contribution in [0.15, 0.2) is 0 Å². The molecule has 2 atom stereocenters. The normalized spacial score (nSPS) is 26.9. The van der Waals surface area contributed by atoms with E-state index in [1.54, 1.807) is 0 Å². The fourth-order valence-corrected chi connectivity index (χ4v) is 1.89. The van der Waals surface area contributed by atoms with Gasteiger partial charge >= 0.3 is 6.18 Å². The number of halogens is 3. The molecule has 0 radical (unpaired) electrons. The molecule has 0 aromatic carbocycles. The Balaban J connectivity index is 2.49. The average Bonchev–Trinajstić information content (AvgIpc) is 2.73. The highest BCUT2D eigenvalue weighted by Gasteiger charge is 2.42. The third kappa shape index (κ3) is 3.32. The Hall–Kier alpha value is -0.820. The van der Waals surface area contributed by atoms with Crippen molar-refractivity contribution in [3.63, 3.8) is 0 Å². The van der Waals surface area contributed by atoms with Crippen LogP contribution in [0.25, 0.3) is 0 Å². The third-order valence-electron chi connectivity index (χ3n) is 3.24. The number of rotatable bonds is 4. The Morgan fingerprint density at radius 1 is 1.59 bits per heavy atom. The molecule has 1 saturated heterocycles. The van der Waals surface area contributed by atoms with Gasteiger partial charge in [-0.1, -0.05) is 6.92 Å². The van der Waals surface area contributed by atoms with E-state index in [2.05, 4.69) is 10.6 Å². The van der Waals surface area contributed by atoms with Crippen LogP contribution in [0.3, 0.4) is 0 Å². The lowest BCUT2D eigenvalue weighted by molar-refractivity contribution is -0.202. The summed E-state index contributed by atoms with van der Waals surface area (Å²) in [5, 5.41) is 14.0. The molecular weight excluding hydrogens is 237 g/mol. The van der Waals surface area contributed by atoms with Crippen LogP contribution < -0.4 is 10.6 Å². The number of aliphatic hydroxyl groups is 1. The van der Waals surface area contributed by atoms with Gasteiger partial charge in [-0.15, -0.1) is 0 Å². The Bertz CT molecular complexity index is 275. The third-order valence-corrected chi connectivity index (χ3v) is 3.24. The maximum Gasteiger partial charge on any atom is 0.416 e. The highest BCUT2D eigenvalue weighted by molar-refractivity contribution is 5.83. The van der Waals surface area contributed by atoms with Crippen LogP contribution in [-0.2, 0) is 4.79 Å². The number of hydrogen-bond donors (Lipinski definition) is 3. The van der Waals surface area contributed by atoms with Crippen LogP contribution in [0, 0.1) is 5.41 Å². The van der Waals surface area contributed by atoms with Gasteiger partial charge in [0.15, 0.2) is 6.10 Å². The second-order valence-electron chi connectivity index (χ2n) is 4.33. The molecule has 0 spiro atoms. The van der Waals surface area contributed by atoms with E-state index >= 15 is 0 Å². The summed E-state index contributed by atoms with van der Waals surface area (Å²) in [7, 11) is 0. The summed E-state index contributed by atoms with van der Waals surface area (Å²) in [6.07, 6.45) is -6.03. The standard InChI is InChI=1S/C10H17F3N2O2/c1-2-9(3-4-14-6-9)8(17)15-5-7(16)10(11,12)13/h7,14,16H,2-6H2,1H3,(H,15,17). The molecule has 1 amide bonds. The van der Waals surface area contributed by atoms with Crippen LogP contribution in [0.2, 0.25) is 0 Å². The number of nitrogens with one attached hydrogen (secondary N) is 2. The van der Waals surface area contributed by atoms with Crippen LogP contribution in [0.4, 0.5) is 13.2 Å². The molecule has 1 rings (SSSR count). The summed E-state index contributed by atoms with van der Waals surface area (Å²) in [6, 6.07) is 0. The molecule has 0 aromatic heterocycles. The van der Waals surface area contributed by atoms with E-state index in [0.29, 0.717) is 25.9 Å². The van der Waals surface area contributed by atoms with Gasteiger partial charge in [0.05, 0.1) is 12.0 Å². The molecule has 0 bridgehead atoms. The predicted octanol–water partition coefficient (Wildman–Crippen LogP) is 0.415. The predicted molar refractivity (Wildman–Crippen MR) is 55.3 cm³/mol. The van der Waals surface area contributed by atoms with E-state index in [9.17, 15) is 18.0 Å². The molecule has 0 aromatic rings. The molecule has 7 heteroatoms. The molecule has 0 aliphatic carbocycles. The Labute approximate surface area is 97.6 Å². The number of carbonyl (C=O) groups excluding carboxylic acids is 1. The number of aliphatic hydroxyl groups excluding tert-OH is 1. The van der Waals surface area contributed by atoms with Crippen molar-refractivity contribution in [3.05, 3.63) is 0 Å². The smallest absolute Gasteiger partial charge is 0.382 e. The van der Waals surface area contributed by atoms with Crippen molar-refractivity contribution < 1.29 is 23.1 Å². The lowest BCUT2D eigenvalue weighted by Crippen LogP contribution is -2.47. The molecule has 100 valence electrons. The summed E-state index contributed by atoms with van der Waals surface area (Å²) < 4.78 is 36.1. The van der Waals surface area contributed by atoms with Gasteiger partial charge in [-0.3, -0.25) is 4.79 Å². The minimum absolute atomic E-state index is 0.423. The maximum absolute atomic E-state index is 12.0. The number of alkyl halides is 3. The maximum atomic E-state index is 12.0. The zero-order valence-electron chi connectivity index (χ0n) is 9.60. The number of amides is 1. The van der Waals surface area contributed by atoms with Crippen molar-refractivity contribution in [1.82, 2.24) is 10.6 Å². The van der Waals surface area contributed by atoms with E-state index in [1.165, 1.54) is 0 Å². The quantitative estimate of drug-likeness (QED) is 0.681. The Kier molecular flexibility index (Phi) is 4.37. The van der Waals surface area contributed by atoms with Gasteiger partial charge < -0.3 is 15.7 Å². The van der Waals surface area contributed by atoms with Gasteiger partial charge in [0.25, 0.3) is 0 Å². The fourth-order valence-electron chi connectivity index (χ4n) is 1.89. The SMILES string of the molecule is CCC1(C(=O)NCC(O)C(F)(F)F)CCNC1. The highest BCUT2D eigenvalue weighted by Crippen LogP contribution is 2.29. The first kappa shape index (κ1) is 14.2. The minimum Gasteiger partial charge on any atom is -0.382 e. The number of hydrogen-bond acceptors (Lipinski definition) is 3. The van der Waals surface area contributed by atoms with Crippen molar-refractivity contribution >= 4 is 5.91 Å². The summed E-state index contributed by atoms with van der Waals surface area (Å²) in [5.41, 5.74) is -0.634. The van der Waals surface area contributed by atoms with Crippen LogP contribution >= 0.6 is 0 Å². The van der Waals surface area contributed by atoms with Crippen LogP contribution in [0.5, 0.6) is 0 Å². The van der Waals surface area contributed by atoms with E-state index in [4.69, 9.17) is 5.11 Å². The van der Waals surface area contributed by atoms with Crippen molar-refractivity contribution in [3.8, 4) is 0 Å². The first-order valence-electron chi connectivity index (χ1n) is 5.55. The zero-order valence-corrected chi connectivity index (χ0v) is 9.60. The summed E-state index contributed by atoms with van der Waals surface area (Å²) in [4.78, 5) is 11.8. The first-order chi connectivity index (χ1) is 7.82. The monoisotopic (exact) mass is 254 g/mol. The molecule has 1 heterocycles. The second-order valence-corrected chi connectivity index (χ2v) is 4.33. The van der Waals surface area contributed by atoms with Gasteiger partial charge in [0.1, 0.15) is 0 Å². The highest BCUT2D eigenvalue weighted by atomic mass is 19.4. The van der Waals surface area contributed by atoms with Crippen LogP contribution in [-0.4, -0.2) is 42.9 Å². The van der Waals surface area contributed by atoms with E-state index in [-0.39, 0.29) is 0 Å². The lowest BCUT2D eigenvalue weighted by atomic mass is 9.83. The molecular formula is C10H17F3N2O2. The van der Waals surface area contributed by atoms with Gasteiger partial charge in [0, 0.05) is 6.54 Å². The topological polar surface area (TPSA) is 61.4 Å². The molecule has 2 unspecified atom stereocenters. The Morgan fingerprint density at radius 2 is 2.24 bits per heavy atom. The first-order valence-corrected chi connectivity index (χ1v) is 5.55. The molecule has 0 saturated carbocycles.